The molecule has 17 heavy (non-hydrogen) atoms. The Labute approximate surface area is 107 Å². The van der Waals surface area contributed by atoms with Crippen LogP contribution in [0.15, 0.2) is 24.3 Å². The van der Waals surface area contributed by atoms with Crippen molar-refractivity contribution in [1.29, 1.82) is 0 Å². The van der Waals surface area contributed by atoms with E-state index in [2.05, 4.69) is 11.9 Å². The monoisotopic (exact) mass is 255 g/mol. The van der Waals surface area contributed by atoms with E-state index in [0.29, 0.717) is 23.1 Å². The lowest BCUT2D eigenvalue weighted by Crippen LogP contribution is -2.15. The van der Waals surface area contributed by atoms with Crippen LogP contribution in [0.4, 0.5) is 0 Å². The number of hydrogen-bond donors (Lipinski definition) is 1. The zero-order valence-electron chi connectivity index (χ0n) is 10.5. The fraction of sp³-hybridized carbons (Fsp3) is 0.385. The van der Waals surface area contributed by atoms with Crippen LogP contribution in [-0.4, -0.2) is 20.8 Å². The van der Waals surface area contributed by atoms with E-state index in [1.54, 1.807) is 14.2 Å². The summed E-state index contributed by atoms with van der Waals surface area (Å²) in [5, 5.41) is 3.82. The molecule has 1 rings (SSSR count). The number of benzene rings is 1. The van der Waals surface area contributed by atoms with Crippen LogP contribution in [0, 0.1) is 0 Å². The van der Waals surface area contributed by atoms with E-state index in [1.807, 2.05) is 19.1 Å². The Morgan fingerprint density at radius 3 is 2.59 bits per heavy atom. The Balaban J connectivity index is 2.80. The van der Waals surface area contributed by atoms with Crippen molar-refractivity contribution in [2.24, 2.45) is 0 Å². The molecule has 4 heteroatoms. The molecule has 3 nitrogen and oxygen atoms in total. The third-order valence-corrected chi connectivity index (χ3v) is 2.53. The highest BCUT2D eigenvalue weighted by atomic mass is 35.5. The summed E-state index contributed by atoms with van der Waals surface area (Å²) in [5.74, 6) is 1.21. The van der Waals surface area contributed by atoms with Gasteiger partial charge in [0.1, 0.15) is 0 Å². The van der Waals surface area contributed by atoms with E-state index >= 15 is 0 Å². The van der Waals surface area contributed by atoms with Crippen LogP contribution in [0.3, 0.4) is 0 Å². The second-order valence-corrected chi connectivity index (χ2v) is 4.28. The molecule has 94 valence electrons. The van der Waals surface area contributed by atoms with Gasteiger partial charge in [-0.15, -0.1) is 0 Å². The molecule has 0 amide bonds. The summed E-state index contributed by atoms with van der Waals surface area (Å²) in [6, 6.07) is 3.78. The number of hydrogen-bond acceptors (Lipinski definition) is 3. The van der Waals surface area contributed by atoms with Gasteiger partial charge < -0.3 is 14.8 Å². The molecule has 0 unspecified atom stereocenters. The molecule has 0 aliphatic carbocycles. The van der Waals surface area contributed by atoms with Crippen molar-refractivity contribution in [3.63, 3.8) is 0 Å². The minimum Gasteiger partial charge on any atom is -0.493 e. The van der Waals surface area contributed by atoms with Crippen molar-refractivity contribution in [3.05, 3.63) is 34.9 Å². The van der Waals surface area contributed by atoms with Gasteiger partial charge in [0.05, 0.1) is 19.2 Å². The van der Waals surface area contributed by atoms with Gasteiger partial charge in [0.25, 0.3) is 0 Å². The third-order valence-electron chi connectivity index (χ3n) is 2.25. The van der Waals surface area contributed by atoms with Gasteiger partial charge in [-0.2, -0.15) is 0 Å². The van der Waals surface area contributed by atoms with Crippen LogP contribution in [0.25, 0.3) is 0 Å². The van der Waals surface area contributed by atoms with Crippen molar-refractivity contribution in [1.82, 2.24) is 5.32 Å². The Kier molecular flexibility index (Phi) is 5.32. The SMILES string of the molecule is C=C(C)CNCc1cc(Cl)c(OC)c(OC)c1. The van der Waals surface area contributed by atoms with E-state index in [-0.39, 0.29) is 0 Å². The van der Waals surface area contributed by atoms with Crippen LogP contribution in [-0.2, 0) is 6.54 Å². The number of rotatable bonds is 6. The summed E-state index contributed by atoms with van der Waals surface area (Å²) in [6.07, 6.45) is 0. The maximum atomic E-state index is 6.10. The van der Waals surface area contributed by atoms with Crippen LogP contribution >= 0.6 is 11.6 Å². The summed E-state index contributed by atoms with van der Waals surface area (Å²) >= 11 is 6.10. The molecule has 0 spiro atoms. The predicted molar refractivity (Wildman–Crippen MR) is 71.1 cm³/mol. The van der Waals surface area contributed by atoms with E-state index < -0.39 is 0 Å². The van der Waals surface area contributed by atoms with Gasteiger partial charge in [0.15, 0.2) is 11.5 Å². The van der Waals surface area contributed by atoms with Crippen LogP contribution in [0.5, 0.6) is 11.5 Å². The fourth-order valence-corrected chi connectivity index (χ4v) is 1.80. The van der Waals surface area contributed by atoms with Crippen molar-refractivity contribution in [2.75, 3.05) is 20.8 Å². The van der Waals surface area contributed by atoms with Gasteiger partial charge in [-0.1, -0.05) is 23.8 Å². The van der Waals surface area contributed by atoms with Crippen molar-refractivity contribution >= 4 is 11.6 Å². The molecular weight excluding hydrogens is 238 g/mol. The summed E-state index contributed by atoms with van der Waals surface area (Å²) in [7, 11) is 3.17. The highest BCUT2D eigenvalue weighted by Gasteiger charge is 2.10. The molecule has 0 saturated heterocycles. The van der Waals surface area contributed by atoms with E-state index in [1.165, 1.54) is 0 Å². The molecule has 1 N–H and O–H groups in total. The lowest BCUT2D eigenvalue weighted by molar-refractivity contribution is 0.354. The number of methoxy groups -OCH3 is 2. The Morgan fingerprint density at radius 1 is 1.35 bits per heavy atom. The van der Waals surface area contributed by atoms with Crippen molar-refractivity contribution in [3.8, 4) is 11.5 Å². The standard InChI is InChI=1S/C13H18ClNO2/c1-9(2)7-15-8-10-5-11(14)13(17-4)12(6-10)16-3/h5-6,15H,1,7-8H2,2-4H3. The summed E-state index contributed by atoms with van der Waals surface area (Å²) in [4.78, 5) is 0. The summed E-state index contributed by atoms with van der Waals surface area (Å²) in [6.45, 7) is 7.31. The average molecular weight is 256 g/mol. The topological polar surface area (TPSA) is 30.5 Å². The number of nitrogens with one attached hydrogen (secondary N) is 1. The molecule has 0 saturated carbocycles. The number of halogens is 1. The molecule has 1 aromatic rings. The quantitative estimate of drug-likeness (QED) is 0.793. The average Bonchev–Trinajstić information content (AvgIpc) is 2.27. The van der Waals surface area contributed by atoms with E-state index in [4.69, 9.17) is 21.1 Å². The van der Waals surface area contributed by atoms with Gasteiger partial charge in [-0.25, -0.2) is 0 Å². The molecule has 0 heterocycles. The van der Waals surface area contributed by atoms with Crippen molar-refractivity contribution < 1.29 is 9.47 Å². The highest BCUT2D eigenvalue weighted by molar-refractivity contribution is 6.32. The molecule has 0 aromatic heterocycles. The van der Waals surface area contributed by atoms with E-state index in [9.17, 15) is 0 Å². The van der Waals surface area contributed by atoms with Crippen LogP contribution in [0.1, 0.15) is 12.5 Å². The zero-order valence-corrected chi connectivity index (χ0v) is 11.2. The molecule has 0 bridgehead atoms. The Bertz CT molecular complexity index is 405. The second-order valence-electron chi connectivity index (χ2n) is 3.87. The minimum absolute atomic E-state index is 0.555. The maximum absolute atomic E-state index is 6.10. The largest absolute Gasteiger partial charge is 0.493 e. The minimum atomic E-state index is 0.555. The van der Waals surface area contributed by atoms with Gasteiger partial charge in [0.2, 0.25) is 0 Å². The normalized spacial score (nSPS) is 10.1. The first-order valence-corrected chi connectivity index (χ1v) is 5.71. The maximum Gasteiger partial charge on any atom is 0.179 e. The predicted octanol–water partition coefficient (Wildman–Crippen LogP) is 3.02. The van der Waals surface area contributed by atoms with Crippen LogP contribution in [0.2, 0.25) is 5.02 Å². The van der Waals surface area contributed by atoms with Crippen LogP contribution < -0.4 is 14.8 Å². The number of ether oxygens (including phenoxy) is 2. The van der Waals surface area contributed by atoms with Gasteiger partial charge in [0, 0.05) is 13.1 Å². The molecule has 0 radical (unpaired) electrons. The zero-order chi connectivity index (χ0) is 12.8. The van der Waals surface area contributed by atoms with Gasteiger partial charge in [-0.3, -0.25) is 0 Å². The van der Waals surface area contributed by atoms with Gasteiger partial charge >= 0.3 is 0 Å². The third kappa shape index (κ3) is 3.95. The first kappa shape index (κ1) is 13.9. The molecule has 0 atom stereocenters. The summed E-state index contributed by atoms with van der Waals surface area (Å²) < 4.78 is 10.4. The molecular formula is C13H18ClNO2. The lowest BCUT2D eigenvalue weighted by Gasteiger charge is -2.12. The molecule has 0 aliphatic heterocycles. The first-order valence-electron chi connectivity index (χ1n) is 5.34. The highest BCUT2D eigenvalue weighted by Crippen LogP contribution is 2.35. The molecule has 1 aromatic carbocycles. The van der Waals surface area contributed by atoms with Gasteiger partial charge in [-0.05, 0) is 24.6 Å². The second kappa shape index (κ2) is 6.52. The van der Waals surface area contributed by atoms with E-state index in [0.717, 1.165) is 17.7 Å². The smallest absolute Gasteiger partial charge is 0.179 e. The molecule has 0 aliphatic rings. The summed E-state index contributed by atoms with van der Waals surface area (Å²) in [5.41, 5.74) is 2.14. The first-order chi connectivity index (χ1) is 8.08. The van der Waals surface area contributed by atoms with Crippen molar-refractivity contribution in [2.45, 2.75) is 13.5 Å². The Hall–Kier alpha value is -1.19. The lowest BCUT2D eigenvalue weighted by atomic mass is 10.2. The Morgan fingerprint density at radius 2 is 2.06 bits per heavy atom. The fourth-order valence-electron chi connectivity index (χ4n) is 1.49. The molecule has 0 fully saturated rings.